The first-order valence-electron chi connectivity index (χ1n) is 10.4. The van der Waals surface area contributed by atoms with Crippen LogP contribution in [0.25, 0.3) is 43.1 Å². The van der Waals surface area contributed by atoms with Crippen LogP contribution in [-0.2, 0) is 12.4 Å². The first-order chi connectivity index (χ1) is 16.9. The summed E-state index contributed by atoms with van der Waals surface area (Å²) in [7, 11) is 0. The van der Waals surface area contributed by atoms with Crippen molar-refractivity contribution in [3.05, 3.63) is 69.4 Å². The van der Waals surface area contributed by atoms with Gasteiger partial charge in [0.1, 0.15) is 0 Å². The number of nitriles is 2. The van der Waals surface area contributed by atoms with Gasteiger partial charge in [0, 0.05) is 26.9 Å². The van der Waals surface area contributed by atoms with Gasteiger partial charge < -0.3 is 0 Å². The molecular formula is C26H12F6N4. The van der Waals surface area contributed by atoms with Gasteiger partial charge >= 0.3 is 12.4 Å². The zero-order valence-electron chi connectivity index (χ0n) is 18.5. The fraction of sp³-hybridized carbons (Fsp3) is 0.154. The normalized spacial score (nSPS) is 13.8. The van der Waals surface area contributed by atoms with Crippen molar-refractivity contribution in [2.24, 2.45) is 9.98 Å². The zero-order valence-corrected chi connectivity index (χ0v) is 18.5. The molecule has 0 aliphatic rings. The molecular weight excluding hydrogens is 482 g/mol. The summed E-state index contributed by atoms with van der Waals surface area (Å²) in [6.45, 7) is 2.97. The Labute approximate surface area is 198 Å². The van der Waals surface area contributed by atoms with E-state index >= 15 is 0 Å². The van der Waals surface area contributed by atoms with Crippen LogP contribution in [0.1, 0.15) is 22.3 Å². The van der Waals surface area contributed by atoms with E-state index in [9.17, 15) is 36.9 Å². The van der Waals surface area contributed by atoms with Gasteiger partial charge in [0.05, 0.1) is 21.8 Å². The lowest BCUT2D eigenvalue weighted by atomic mass is 10.0. The molecule has 0 saturated carbocycles. The third-order valence-electron chi connectivity index (χ3n) is 6.29. The highest BCUT2D eigenvalue weighted by molar-refractivity contribution is 6.22. The molecule has 0 amide bonds. The molecule has 4 nitrogen and oxygen atoms in total. The molecule has 178 valence electrons. The van der Waals surface area contributed by atoms with Crippen LogP contribution in [0.4, 0.5) is 26.3 Å². The highest BCUT2D eigenvalue weighted by Crippen LogP contribution is 2.41. The van der Waals surface area contributed by atoms with Gasteiger partial charge in [-0.15, -0.1) is 0 Å². The molecule has 36 heavy (non-hydrogen) atoms. The van der Waals surface area contributed by atoms with Gasteiger partial charge in [-0.1, -0.05) is 0 Å². The molecule has 0 N–H and O–H groups in total. The number of hydrogen-bond acceptors (Lipinski definition) is 4. The number of hydrogen-bond donors (Lipinski definition) is 0. The van der Waals surface area contributed by atoms with Crippen molar-refractivity contribution < 1.29 is 26.3 Å². The quantitative estimate of drug-likeness (QED) is 0.180. The van der Waals surface area contributed by atoms with Crippen molar-refractivity contribution in [1.82, 2.24) is 0 Å². The van der Waals surface area contributed by atoms with Gasteiger partial charge in [0.15, 0.2) is 0 Å². The minimum atomic E-state index is -4.72. The molecule has 0 radical (unpaired) electrons. The van der Waals surface area contributed by atoms with Crippen LogP contribution in [0.5, 0.6) is 0 Å². The lowest BCUT2D eigenvalue weighted by Crippen LogP contribution is -2.07. The molecule has 5 aromatic rings. The van der Waals surface area contributed by atoms with E-state index in [1.165, 1.54) is 32.0 Å². The average molecular weight is 494 g/mol. The molecule has 0 saturated heterocycles. The zero-order chi connectivity index (χ0) is 26.2. The third-order valence-corrected chi connectivity index (χ3v) is 6.29. The standard InChI is InChI=1S/C26H12F6N4/c1-11-3-18-22(20(4-11)26(30,31)32)15-8-16-14(7-17(15)23(18)35-9-33)21-12(2)5-13(25(27,28)29)6-19(21)24(16)36-10-34/h3-8H,1-2H3. The number of aryl methyl sites for hydroxylation is 2. The number of fused-ring (bicyclic) bond motifs is 6. The molecule has 0 unspecified atom stereocenters. The number of benzene rings is 3. The van der Waals surface area contributed by atoms with Crippen LogP contribution in [-0.4, -0.2) is 0 Å². The highest BCUT2D eigenvalue weighted by Gasteiger charge is 2.35. The van der Waals surface area contributed by atoms with Gasteiger partial charge in [-0.2, -0.15) is 46.9 Å². The first kappa shape index (κ1) is 23.3. The van der Waals surface area contributed by atoms with Gasteiger partial charge in [0.2, 0.25) is 12.4 Å². The largest absolute Gasteiger partial charge is 0.417 e. The van der Waals surface area contributed by atoms with Gasteiger partial charge in [0.25, 0.3) is 0 Å². The molecule has 5 aromatic carbocycles. The summed E-state index contributed by atoms with van der Waals surface area (Å²) in [6.07, 6.45) is -6.15. The Morgan fingerprint density at radius 3 is 1.64 bits per heavy atom. The molecule has 0 aromatic heterocycles. The molecule has 0 atom stereocenters. The average Bonchev–Trinajstić information content (AvgIpc) is 3.24. The summed E-state index contributed by atoms with van der Waals surface area (Å²) in [4.78, 5) is 7.54. The van der Waals surface area contributed by atoms with Crippen LogP contribution in [0, 0.1) is 36.8 Å². The van der Waals surface area contributed by atoms with E-state index in [2.05, 4.69) is 9.98 Å². The lowest BCUT2D eigenvalue weighted by Gasteiger charge is -2.10. The van der Waals surface area contributed by atoms with E-state index in [0.29, 0.717) is 16.3 Å². The van der Waals surface area contributed by atoms with E-state index in [0.717, 1.165) is 18.2 Å². The summed E-state index contributed by atoms with van der Waals surface area (Å²) < 4.78 is 82.6. The fourth-order valence-corrected chi connectivity index (χ4v) is 5.02. The van der Waals surface area contributed by atoms with Crippen molar-refractivity contribution in [1.29, 1.82) is 10.5 Å². The minimum Gasteiger partial charge on any atom is -0.172 e. The fourth-order valence-electron chi connectivity index (χ4n) is 5.02. The van der Waals surface area contributed by atoms with E-state index in [1.807, 2.05) is 0 Å². The molecule has 5 rings (SSSR count). The van der Waals surface area contributed by atoms with Crippen LogP contribution < -0.4 is 10.7 Å². The maximum atomic E-state index is 14.0. The lowest BCUT2D eigenvalue weighted by molar-refractivity contribution is -0.137. The molecule has 0 spiro atoms. The van der Waals surface area contributed by atoms with Gasteiger partial charge in [-0.25, -0.2) is 0 Å². The monoisotopic (exact) mass is 494 g/mol. The molecule has 0 bridgehead atoms. The summed E-state index contributed by atoms with van der Waals surface area (Å²) in [5.74, 6) is 0. The maximum Gasteiger partial charge on any atom is 0.417 e. The summed E-state index contributed by atoms with van der Waals surface area (Å²) >= 11 is 0. The molecule has 0 aliphatic heterocycles. The highest BCUT2D eigenvalue weighted by atomic mass is 19.4. The number of rotatable bonds is 0. The second-order valence-electron chi connectivity index (χ2n) is 8.51. The van der Waals surface area contributed by atoms with Crippen LogP contribution in [0.2, 0.25) is 0 Å². The Hall–Kier alpha value is -4.44. The SMILES string of the molecule is Cc1cc(C(F)(F)F)c2c(c1)c(=NC#N)c1cc3c(cc12)c(=NC#N)c1cc(C(F)(F)F)cc(C)c13. The summed E-state index contributed by atoms with van der Waals surface area (Å²) in [5.41, 5.74) is -1.28. The smallest absolute Gasteiger partial charge is 0.172 e. The first-order valence-corrected chi connectivity index (χ1v) is 10.4. The van der Waals surface area contributed by atoms with E-state index in [-0.39, 0.29) is 48.6 Å². The second-order valence-corrected chi connectivity index (χ2v) is 8.51. The topological polar surface area (TPSA) is 72.3 Å². The van der Waals surface area contributed by atoms with E-state index in [1.54, 1.807) is 12.4 Å². The predicted octanol–water partition coefficient (Wildman–Crippen LogP) is 6.59. The van der Waals surface area contributed by atoms with Crippen molar-refractivity contribution in [2.75, 3.05) is 0 Å². The second kappa shape index (κ2) is 7.53. The number of halogens is 6. The van der Waals surface area contributed by atoms with Crippen LogP contribution >= 0.6 is 0 Å². The summed E-state index contributed by atoms with van der Waals surface area (Å²) in [6, 6.07) is 7.24. The van der Waals surface area contributed by atoms with E-state index in [4.69, 9.17) is 0 Å². The number of nitrogens with zero attached hydrogens (tertiary/aromatic N) is 4. The predicted molar refractivity (Wildman–Crippen MR) is 121 cm³/mol. The van der Waals surface area contributed by atoms with Crippen LogP contribution in [0.3, 0.4) is 0 Å². The van der Waals surface area contributed by atoms with Crippen molar-refractivity contribution in [3.63, 3.8) is 0 Å². The Bertz CT molecular complexity index is 1960. The van der Waals surface area contributed by atoms with Gasteiger partial charge in [-0.3, -0.25) is 0 Å². The van der Waals surface area contributed by atoms with Crippen molar-refractivity contribution in [3.8, 4) is 12.4 Å². The molecule has 0 fully saturated rings. The maximum absolute atomic E-state index is 14.0. The molecule has 0 heterocycles. The Morgan fingerprint density at radius 1 is 0.611 bits per heavy atom. The Kier molecular flexibility index (Phi) is 4.87. The third kappa shape index (κ3) is 3.29. The minimum absolute atomic E-state index is 0.0382. The Morgan fingerprint density at radius 2 is 1.14 bits per heavy atom. The van der Waals surface area contributed by atoms with Crippen molar-refractivity contribution in [2.45, 2.75) is 26.2 Å². The molecule has 0 aliphatic carbocycles. The number of alkyl halides is 6. The van der Waals surface area contributed by atoms with Crippen LogP contribution in [0.15, 0.2) is 46.4 Å². The van der Waals surface area contributed by atoms with Gasteiger partial charge in [-0.05, 0) is 77.5 Å². The summed E-state index contributed by atoms with van der Waals surface area (Å²) in [5, 5.41) is 19.9. The van der Waals surface area contributed by atoms with Crippen molar-refractivity contribution >= 4 is 43.1 Å². The van der Waals surface area contributed by atoms with E-state index < -0.39 is 23.5 Å². The molecule has 10 heteroatoms. The Balaban J connectivity index is 2.12.